The van der Waals surface area contributed by atoms with Crippen molar-refractivity contribution in [2.45, 2.75) is 39.0 Å². The molecule has 0 radical (unpaired) electrons. The average Bonchev–Trinajstić information content (AvgIpc) is 2.04. The fraction of sp³-hybridized carbons (Fsp3) is 0.778. The van der Waals surface area contributed by atoms with Gasteiger partial charge in [-0.15, -0.1) is 0 Å². The van der Waals surface area contributed by atoms with Crippen LogP contribution in [0.2, 0.25) is 0 Å². The van der Waals surface area contributed by atoms with Crippen LogP contribution in [0.5, 0.6) is 0 Å². The fourth-order valence-corrected chi connectivity index (χ4v) is 1.05. The molecule has 0 fully saturated rings. The first-order chi connectivity index (χ1) is 5.70. The minimum atomic E-state index is -0.755. The van der Waals surface area contributed by atoms with Gasteiger partial charge in [0.05, 0.1) is 0 Å². The molecule has 0 saturated heterocycles. The van der Waals surface area contributed by atoms with Gasteiger partial charge in [0.25, 0.3) is 0 Å². The predicted molar refractivity (Wildman–Crippen MR) is 45.9 cm³/mol. The summed E-state index contributed by atoms with van der Waals surface area (Å²) < 4.78 is 0. The molecule has 0 aliphatic rings. The summed E-state index contributed by atoms with van der Waals surface area (Å²) in [6, 6.07) is 0. The minimum Gasteiger partial charge on any atom is -0.481 e. The molecule has 1 unspecified atom stereocenters. The molecule has 70 valence electrons. The van der Waals surface area contributed by atoms with Crippen LogP contribution in [0.4, 0.5) is 0 Å². The summed E-state index contributed by atoms with van der Waals surface area (Å²) in [6.07, 6.45) is 4.38. The first-order valence-electron chi connectivity index (χ1n) is 4.37. The Hall–Kier alpha value is -0.860. The first kappa shape index (κ1) is 11.1. The third-order valence-corrected chi connectivity index (χ3v) is 1.93. The van der Waals surface area contributed by atoms with E-state index in [1.54, 1.807) is 0 Å². The Kier molecular flexibility index (Phi) is 6.34. The van der Waals surface area contributed by atoms with E-state index in [0.29, 0.717) is 6.42 Å². The number of carboxylic acids is 1. The lowest BCUT2D eigenvalue weighted by atomic mass is 10.0. The Balaban J connectivity index is 3.29. The van der Waals surface area contributed by atoms with Gasteiger partial charge in [0, 0.05) is 12.3 Å². The van der Waals surface area contributed by atoms with E-state index in [0.717, 1.165) is 25.5 Å². The highest BCUT2D eigenvalue weighted by Crippen LogP contribution is 2.10. The third-order valence-electron chi connectivity index (χ3n) is 1.93. The van der Waals surface area contributed by atoms with Gasteiger partial charge in [0.2, 0.25) is 0 Å². The molecule has 0 aromatic rings. The van der Waals surface area contributed by atoms with Gasteiger partial charge in [-0.2, -0.15) is 0 Å². The maximum absolute atomic E-state index is 10.3. The molecule has 0 aliphatic carbocycles. The largest absolute Gasteiger partial charge is 0.481 e. The second-order valence-corrected chi connectivity index (χ2v) is 2.94. The zero-order valence-corrected chi connectivity index (χ0v) is 7.45. The van der Waals surface area contributed by atoms with Gasteiger partial charge in [-0.3, -0.25) is 4.79 Å². The number of hydrogen-bond donors (Lipinski definition) is 1. The normalized spacial score (nSPS) is 12.4. The van der Waals surface area contributed by atoms with Crippen LogP contribution in [0, 0.1) is 5.92 Å². The van der Waals surface area contributed by atoms with E-state index in [9.17, 15) is 9.59 Å². The third kappa shape index (κ3) is 5.89. The van der Waals surface area contributed by atoms with Gasteiger partial charge in [0.1, 0.15) is 6.29 Å². The molecule has 1 N–H and O–H groups in total. The highest BCUT2D eigenvalue weighted by atomic mass is 16.4. The Labute approximate surface area is 72.8 Å². The molecule has 12 heavy (non-hydrogen) atoms. The quantitative estimate of drug-likeness (QED) is 0.471. The zero-order valence-electron chi connectivity index (χ0n) is 7.45. The van der Waals surface area contributed by atoms with Crippen molar-refractivity contribution in [1.82, 2.24) is 0 Å². The number of rotatable bonds is 7. The van der Waals surface area contributed by atoms with Crippen molar-refractivity contribution in [3.05, 3.63) is 0 Å². The highest BCUT2D eigenvalue weighted by Gasteiger charge is 2.04. The monoisotopic (exact) mass is 172 g/mol. The molecular formula is C9H16O3. The van der Waals surface area contributed by atoms with Crippen LogP contribution in [0.1, 0.15) is 39.0 Å². The Morgan fingerprint density at radius 2 is 2.17 bits per heavy atom. The van der Waals surface area contributed by atoms with Crippen molar-refractivity contribution >= 4 is 12.3 Å². The lowest BCUT2D eigenvalue weighted by Crippen LogP contribution is -2.01. The standard InChI is InChI=1S/C9H16O3/c1-2-8(7-10)5-3-4-6-9(11)12/h7-8H,2-6H2,1H3,(H,11,12). The zero-order chi connectivity index (χ0) is 9.40. The molecule has 0 rings (SSSR count). The molecule has 0 spiro atoms. The van der Waals surface area contributed by atoms with Crippen molar-refractivity contribution in [2.24, 2.45) is 5.92 Å². The molecule has 0 heterocycles. The molecule has 0 aliphatic heterocycles. The van der Waals surface area contributed by atoms with Gasteiger partial charge >= 0.3 is 5.97 Å². The number of unbranched alkanes of at least 4 members (excludes halogenated alkanes) is 1. The van der Waals surface area contributed by atoms with Crippen LogP contribution in [0.25, 0.3) is 0 Å². The summed E-state index contributed by atoms with van der Waals surface area (Å²) in [6.45, 7) is 1.97. The maximum Gasteiger partial charge on any atom is 0.303 e. The van der Waals surface area contributed by atoms with E-state index < -0.39 is 5.97 Å². The molecule has 0 aromatic carbocycles. The molecule has 3 nitrogen and oxygen atoms in total. The molecule has 1 atom stereocenters. The van der Waals surface area contributed by atoms with Crippen LogP contribution in [-0.2, 0) is 9.59 Å². The van der Waals surface area contributed by atoms with Gasteiger partial charge in [-0.25, -0.2) is 0 Å². The van der Waals surface area contributed by atoms with Crippen LogP contribution < -0.4 is 0 Å². The van der Waals surface area contributed by atoms with Gasteiger partial charge in [0.15, 0.2) is 0 Å². The number of aliphatic carboxylic acids is 1. The number of carbonyl (C=O) groups is 2. The van der Waals surface area contributed by atoms with Crippen molar-refractivity contribution in [1.29, 1.82) is 0 Å². The smallest absolute Gasteiger partial charge is 0.303 e. The van der Waals surface area contributed by atoms with Gasteiger partial charge in [-0.05, 0) is 19.3 Å². The maximum atomic E-state index is 10.3. The van der Waals surface area contributed by atoms with Crippen molar-refractivity contribution in [3.63, 3.8) is 0 Å². The minimum absolute atomic E-state index is 0.124. The highest BCUT2D eigenvalue weighted by molar-refractivity contribution is 5.66. The second kappa shape index (κ2) is 6.83. The van der Waals surface area contributed by atoms with Gasteiger partial charge in [-0.1, -0.05) is 13.3 Å². The lowest BCUT2D eigenvalue weighted by Gasteiger charge is -2.04. The Morgan fingerprint density at radius 3 is 2.58 bits per heavy atom. The predicted octanol–water partition coefficient (Wildman–Crippen LogP) is 1.86. The van der Waals surface area contributed by atoms with E-state index in [-0.39, 0.29) is 12.3 Å². The van der Waals surface area contributed by atoms with Crippen LogP contribution in [0.3, 0.4) is 0 Å². The second-order valence-electron chi connectivity index (χ2n) is 2.94. The summed E-state index contributed by atoms with van der Waals surface area (Å²) in [4.78, 5) is 20.5. The number of aldehydes is 1. The van der Waals surface area contributed by atoms with Crippen LogP contribution in [-0.4, -0.2) is 17.4 Å². The van der Waals surface area contributed by atoms with Crippen LogP contribution >= 0.6 is 0 Å². The Bertz CT molecular complexity index is 143. The topological polar surface area (TPSA) is 54.4 Å². The van der Waals surface area contributed by atoms with Crippen molar-refractivity contribution < 1.29 is 14.7 Å². The van der Waals surface area contributed by atoms with Gasteiger partial charge < -0.3 is 9.90 Å². The van der Waals surface area contributed by atoms with Crippen molar-refractivity contribution in [2.75, 3.05) is 0 Å². The summed E-state index contributed by atoms with van der Waals surface area (Å²) in [5.74, 6) is -0.632. The molecule has 3 heteroatoms. The SMILES string of the molecule is CCC(C=O)CCCCC(=O)O. The average molecular weight is 172 g/mol. The van der Waals surface area contributed by atoms with E-state index in [4.69, 9.17) is 5.11 Å². The molecule has 0 aromatic heterocycles. The molecule has 0 amide bonds. The van der Waals surface area contributed by atoms with E-state index >= 15 is 0 Å². The molecule has 0 saturated carbocycles. The summed E-state index contributed by atoms with van der Waals surface area (Å²) in [5.41, 5.74) is 0. The fourth-order valence-electron chi connectivity index (χ4n) is 1.05. The van der Waals surface area contributed by atoms with Crippen LogP contribution in [0.15, 0.2) is 0 Å². The van der Waals surface area contributed by atoms with E-state index in [1.807, 2.05) is 6.92 Å². The summed E-state index contributed by atoms with van der Waals surface area (Å²) >= 11 is 0. The number of carbonyl (C=O) groups excluding carboxylic acids is 1. The molecular weight excluding hydrogens is 156 g/mol. The summed E-state index contributed by atoms with van der Waals surface area (Å²) in [5, 5.41) is 8.32. The van der Waals surface area contributed by atoms with E-state index in [1.165, 1.54) is 0 Å². The number of carboxylic acid groups (broad SMARTS) is 1. The first-order valence-corrected chi connectivity index (χ1v) is 4.37. The lowest BCUT2D eigenvalue weighted by molar-refractivity contribution is -0.137. The van der Waals surface area contributed by atoms with Crippen molar-refractivity contribution in [3.8, 4) is 0 Å². The van der Waals surface area contributed by atoms with E-state index in [2.05, 4.69) is 0 Å². The molecule has 0 bridgehead atoms. The Morgan fingerprint density at radius 1 is 1.50 bits per heavy atom. The number of hydrogen-bond acceptors (Lipinski definition) is 2. The summed E-state index contributed by atoms with van der Waals surface area (Å²) in [7, 11) is 0.